The van der Waals surface area contributed by atoms with Crippen LogP contribution in [0.5, 0.6) is 5.75 Å². The van der Waals surface area contributed by atoms with Gasteiger partial charge < -0.3 is 23.7 Å². The van der Waals surface area contributed by atoms with Gasteiger partial charge in [0, 0.05) is 5.56 Å². The fourth-order valence-electron chi connectivity index (χ4n) is 3.44. The van der Waals surface area contributed by atoms with Gasteiger partial charge in [-0.3, -0.25) is 0 Å². The molecule has 0 radical (unpaired) electrons. The molecular weight excluding hydrogens is 456 g/mol. The third-order valence-electron chi connectivity index (χ3n) is 4.89. The molecule has 1 fully saturated rings. The lowest BCUT2D eigenvalue weighted by atomic mass is 9.99. The predicted octanol–water partition coefficient (Wildman–Crippen LogP) is 3.69. The first-order chi connectivity index (χ1) is 14.4. The molecule has 2 aromatic carbocycles. The normalized spacial score (nSPS) is 21.2. The van der Waals surface area contributed by atoms with Crippen LogP contribution in [0, 0.1) is 0 Å². The lowest BCUT2D eigenvalue weighted by molar-refractivity contribution is -0.193. The summed E-state index contributed by atoms with van der Waals surface area (Å²) in [5.74, 6) is -1.98. The highest BCUT2D eigenvalue weighted by Crippen LogP contribution is 2.44. The number of hydrogen-bond donors (Lipinski definition) is 0. The van der Waals surface area contributed by atoms with Gasteiger partial charge in [0.15, 0.2) is 12.2 Å². The molecule has 0 spiro atoms. The molecule has 1 aliphatic rings. The average Bonchev–Trinajstić information content (AvgIpc) is 3.16. The van der Waals surface area contributed by atoms with Gasteiger partial charge in [-0.15, -0.1) is 0 Å². The number of alkyl halides is 1. The Bertz CT molecular complexity index is 901. The zero-order chi connectivity index (χ0) is 21.9. The lowest BCUT2D eigenvalue weighted by Gasteiger charge is -2.31. The number of fused-ring (bicyclic) bond motifs is 1. The summed E-state index contributed by atoms with van der Waals surface area (Å²) in [5.41, 5.74) is 0.658. The Morgan fingerprint density at radius 1 is 1.00 bits per heavy atom. The van der Waals surface area contributed by atoms with Crippen LogP contribution in [0.4, 0.5) is 0 Å². The molecule has 1 heterocycles. The minimum atomic E-state index is -1.39. The van der Waals surface area contributed by atoms with E-state index in [1.165, 1.54) is 0 Å². The lowest BCUT2D eigenvalue weighted by Crippen LogP contribution is -2.39. The topological polar surface area (TPSA) is 80.3 Å². The maximum atomic E-state index is 12.5. The van der Waals surface area contributed by atoms with Crippen molar-refractivity contribution in [2.45, 2.75) is 43.6 Å². The van der Waals surface area contributed by atoms with E-state index >= 15 is 0 Å². The van der Waals surface area contributed by atoms with Crippen molar-refractivity contribution in [1.82, 2.24) is 0 Å². The number of halogens is 1. The molecular formula is C22H25BrO7. The van der Waals surface area contributed by atoms with Crippen LogP contribution < -0.4 is 4.74 Å². The Morgan fingerprint density at radius 2 is 1.53 bits per heavy atom. The van der Waals surface area contributed by atoms with Gasteiger partial charge in [0.1, 0.15) is 5.75 Å². The molecule has 1 aliphatic heterocycles. The maximum Gasteiger partial charge on any atom is 0.338 e. The Balaban J connectivity index is 2.05. The minimum absolute atomic E-state index is 0.156. The van der Waals surface area contributed by atoms with Crippen LogP contribution in [0.2, 0.25) is 0 Å². The molecule has 3 atom stereocenters. The number of ether oxygens (including phenoxy) is 5. The predicted molar refractivity (Wildman–Crippen MR) is 114 cm³/mol. The fourth-order valence-corrected chi connectivity index (χ4v) is 3.92. The van der Waals surface area contributed by atoms with Gasteiger partial charge in [0.2, 0.25) is 5.79 Å². The largest absolute Gasteiger partial charge is 0.497 e. The van der Waals surface area contributed by atoms with Crippen LogP contribution >= 0.6 is 15.9 Å². The molecule has 2 aromatic rings. The summed E-state index contributed by atoms with van der Waals surface area (Å²) < 4.78 is 27.7. The van der Waals surface area contributed by atoms with Gasteiger partial charge >= 0.3 is 11.9 Å². The highest BCUT2D eigenvalue weighted by molar-refractivity contribution is 9.09. The fraction of sp³-hybridized carbons (Fsp3) is 0.455. The second-order valence-corrected chi connectivity index (χ2v) is 8.17. The van der Waals surface area contributed by atoms with Crippen LogP contribution in [0.15, 0.2) is 36.4 Å². The zero-order valence-corrected chi connectivity index (χ0v) is 18.9. The van der Waals surface area contributed by atoms with Crippen molar-refractivity contribution >= 4 is 38.6 Å². The van der Waals surface area contributed by atoms with E-state index in [4.69, 9.17) is 23.7 Å². The number of carbonyl (C=O) groups is 2. The van der Waals surface area contributed by atoms with E-state index in [1.54, 1.807) is 21.0 Å². The van der Waals surface area contributed by atoms with Crippen molar-refractivity contribution in [2.24, 2.45) is 0 Å². The quantitative estimate of drug-likeness (QED) is 0.441. The van der Waals surface area contributed by atoms with Crippen molar-refractivity contribution in [3.05, 3.63) is 42.0 Å². The Kier molecular flexibility index (Phi) is 7.00. The van der Waals surface area contributed by atoms with E-state index in [-0.39, 0.29) is 13.2 Å². The van der Waals surface area contributed by atoms with Gasteiger partial charge in [-0.1, -0.05) is 34.1 Å². The molecule has 0 aromatic heterocycles. The van der Waals surface area contributed by atoms with E-state index in [9.17, 15) is 9.59 Å². The van der Waals surface area contributed by atoms with Crippen LogP contribution in [-0.4, -0.2) is 49.3 Å². The van der Waals surface area contributed by atoms with Crippen LogP contribution in [-0.2, 0) is 34.3 Å². The molecule has 0 N–H and O–H groups in total. The average molecular weight is 481 g/mol. The first-order valence-corrected chi connectivity index (χ1v) is 10.7. The number of carbonyl (C=O) groups excluding carboxylic acids is 2. The molecule has 0 saturated carbocycles. The van der Waals surface area contributed by atoms with Crippen LogP contribution in [0.25, 0.3) is 10.8 Å². The monoisotopic (exact) mass is 480 g/mol. The number of methoxy groups -OCH3 is 1. The smallest absolute Gasteiger partial charge is 0.338 e. The van der Waals surface area contributed by atoms with Crippen molar-refractivity contribution < 1.29 is 33.3 Å². The van der Waals surface area contributed by atoms with Crippen LogP contribution in [0.1, 0.15) is 26.3 Å². The SMILES string of the molecule is CCOC(=O)[C@@H]1OC(c2ccc3cc(OC)ccc3c2)(C(C)Br)O[C@H]1C(=O)OCC. The van der Waals surface area contributed by atoms with Crippen molar-refractivity contribution in [3.8, 4) is 5.75 Å². The Labute approximate surface area is 183 Å². The molecule has 8 heteroatoms. The molecule has 30 heavy (non-hydrogen) atoms. The number of esters is 2. The summed E-state index contributed by atoms with van der Waals surface area (Å²) in [4.78, 5) is 24.7. The third kappa shape index (κ3) is 4.17. The van der Waals surface area contributed by atoms with Crippen molar-refractivity contribution in [3.63, 3.8) is 0 Å². The van der Waals surface area contributed by atoms with E-state index < -0.39 is 34.8 Å². The van der Waals surface area contributed by atoms with Gasteiger partial charge in [0.05, 0.1) is 25.2 Å². The minimum Gasteiger partial charge on any atom is -0.497 e. The summed E-state index contributed by atoms with van der Waals surface area (Å²) in [6.07, 6.45) is -2.48. The summed E-state index contributed by atoms with van der Waals surface area (Å²) in [5, 5.41) is 1.90. The van der Waals surface area contributed by atoms with E-state index in [0.717, 1.165) is 16.5 Å². The van der Waals surface area contributed by atoms with E-state index in [2.05, 4.69) is 15.9 Å². The maximum absolute atomic E-state index is 12.5. The Morgan fingerprint density at radius 3 is 2.03 bits per heavy atom. The van der Waals surface area contributed by atoms with Gasteiger partial charge in [-0.05, 0) is 49.7 Å². The Hall–Kier alpha value is -2.16. The number of benzene rings is 2. The molecule has 162 valence electrons. The van der Waals surface area contributed by atoms with Gasteiger partial charge in [0.25, 0.3) is 0 Å². The standard InChI is InChI=1S/C22H25BrO7/c1-5-27-20(24)18-19(21(25)28-6-2)30-22(29-18,13(3)23)16-9-7-15-12-17(26-4)10-8-14(15)11-16/h7-13,18-19H,5-6H2,1-4H3/t13?,18-,19-/m1/s1. The zero-order valence-electron chi connectivity index (χ0n) is 17.3. The molecule has 0 amide bonds. The molecule has 3 rings (SSSR count). The second kappa shape index (κ2) is 9.32. The molecule has 1 saturated heterocycles. The van der Waals surface area contributed by atoms with E-state index in [1.807, 2.05) is 43.3 Å². The molecule has 0 aliphatic carbocycles. The highest BCUT2D eigenvalue weighted by atomic mass is 79.9. The summed E-state index contributed by atoms with van der Waals surface area (Å²) in [6.45, 7) is 5.51. The molecule has 1 unspecified atom stereocenters. The number of hydrogen-bond acceptors (Lipinski definition) is 7. The van der Waals surface area contributed by atoms with Crippen molar-refractivity contribution in [1.29, 1.82) is 0 Å². The van der Waals surface area contributed by atoms with Crippen LogP contribution in [0.3, 0.4) is 0 Å². The van der Waals surface area contributed by atoms with Gasteiger partial charge in [-0.2, -0.15) is 0 Å². The van der Waals surface area contributed by atoms with Gasteiger partial charge in [-0.25, -0.2) is 9.59 Å². The first kappa shape index (κ1) is 22.5. The van der Waals surface area contributed by atoms with E-state index in [0.29, 0.717) is 5.56 Å². The highest BCUT2D eigenvalue weighted by Gasteiger charge is 2.57. The molecule has 0 bridgehead atoms. The summed E-state index contributed by atoms with van der Waals surface area (Å²) >= 11 is 3.54. The number of rotatable bonds is 7. The third-order valence-corrected chi connectivity index (χ3v) is 5.49. The first-order valence-electron chi connectivity index (χ1n) is 9.77. The van der Waals surface area contributed by atoms with Crippen molar-refractivity contribution in [2.75, 3.05) is 20.3 Å². The second-order valence-electron chi connectivity index (χ2n) is 6.79. The summed E-state index contributed by atoms with van der Waals surface area (Å²) in [7, 11) is 1.61. The summed E-state index contributed by atoms with van der Waals surface area (Å²) in [6, 6.07) is 11.4. The molecule has 7 nitrogen and oxygen atoms in total.